The summed E-state index contributed by atoms with van der Waals surface area (Å²) in [4.78, 5) is 10.1. The first-order chi connectivity index (χ1) is 4.58. The van der Waals surface area contributed by atoms with Gasteiger partial charge in [0.05, 0.1) is 0 Å². The third-order valence-electron chi connectivity index (χ3n) is 1.27. The van der Waals surface area contributed by atoms with Crippen molar-refractivity contribution in [2.45, 2.75) is 12.0 Å². The van der Waals surface area contributed by atoms with E-state index in [9.17, 15) is 9.36 Å². The van der Waals surface area contributed by atoms with Crippen LogP contribution in [0.4, 0.5) is 0 Å². The van der Waals surface area contributed by atoms with E-state index in [1.165, 1.54) is 0 Å². The van der Waals surface area contributed by atoms with Gasteiger partial charge in [0.2, 0.25) is 0 Å². The first-order valence-electron chi connectivity index (χ1n) is 2.52. The predicted octanol–water partition coefficient (Wildman–Crippen LogP) is -0.649. The van der Waals surface area contributed by atoms with E-state index in [2.05, 4.69) is 13.6 Å². The van der Waals surface area contributed by atoms with Gasteiger partial charge in [-0.3, -0.25) is 10.3 Å². The molecule has 3 aliphatic rings. The number of hydrogen-bond donors (Lipinski definition) is 1. The highest BCUT2D eigenvalue weighted by Gasteiger charge is 2.69. The van der Waals surface area contributed by atoms with Crippen molar-refractivity contribution in [2.75, 3.05) is 0 Å². The standard InChI is InChI=1S/C3H4NO5P/c4-3-2(1-5)7-10(6,8-3)9-3/h1-2H,4H2. The Morgan fingerprint density at radius 3 is 2.40 bits per heavy atom. The maximum Gasteiger partial charge on any atom is 0.483 e. The Hall–Kier alpha value is -0.260. The van der Waals surface area contributed by atoms with Crippen LogP contribution >= 0.6 is 7.82 Å². The van der Waals surface area contributed by atoms with Crippen LogP contribution in [0.2, 0.25) is 0 Å². The molecule has 0 saturated carbocycles. The number of hydrogen-bond acceptors (Lipinski definition) is 6. The summed E-state index contributed by atoms with van der Waals surface area (Å²) in [6.07, 6.45) is -0.662. The third kappa shape index (κ3) is 0.574. The van der Waals surface area contributed by atoms with Gasteiger partial charge in [-0.2, -0.15) is 0 Å². The fourth-order valence-corrected chi connectivity index (χ4v) is 2.32. The minimum Gasteiger partial charge on any atom is -0.300 e. The van der Waals surface area contributed by atoms with E-state index < -0.39 is 19.8 Å². The molecular formula is C3H4NO5P. The van der Waals surface area contributed by atoms with Gasteiger partial charge in [-0.15, -0.1) is 0 Å². The summed E-state index contributed by atoms with van der Waals surface area (Å²) in [6, 6.07) is 0. The van der Waals surface area contributed by atoms with Gasteiger partial charge >= 0.3 is 7.82 Å². The average Bonchev–Trinajstić information content (AvgIpc) is 2.13. The van der Waals surface area contributed by atoms with Gasteiger partial charge in [0.15, 0.2) is 12.4 Å². The third-order valence-corrected chi connectivity index (χ3v) is 2.78. The molecule has 0 radical (unpaired) electrons. The van der Waals surface area contributed by atoms with Crippen LogP contribution < -0.4 is 5.73 Å². The maximum atomic E-state index is 10.7. The van der Waals surface area contributed by atoms with E-state index in [1.54, 1.807) is 0 Å². The Labute approximate surface area is 55.8 Å². The second-order valence-electron chi connectivity index (χ2n) is 2.01. The summed E-state index contributed by atoms with van der Waals surface area (Å²) in [6.45, 7) is 0. The molecule has 10 heavy (non-hydrogen) atoms. The second-order valence-corrected chi connectivity index (χ2v) is 3.48. The average molecular weight is 165 g/mol. The first-order valence-corrected chi connectivity index (χ1v) is 3.98. The van der Waals surface area contributed by atoms with Crippen LogP contribution in [0.1, 0.15) is 0 Å². The lowest BCUT2D eigenvalue weighted by Gasteiger charge is -2.29. The van der Waals surface area contributed by atoms with Crippen molar-refractivity contribution < 1.29 is 22.9 Å². The minimum atomic E-state index is -3.39. The lowest BCUT2D eigenvalue weighted by molar-refractivity contribution is -0.177. The number of rotatable bonds is 1. The molecule has 6 nitrogen and oxygen atoms in total. The number of carbonyl (C=O) groups excluding carboxylic acids is 1. The van der Waals surface area contributed by atoms with Crippen LogP contribution in [0.3, 0.4) is 0 Å². The van der Waals surface area contributed by atoms with E-state index in [0.717, 1.165) is 0 Å². The van der Waals surface area contributed by atoms with Crippen molar-refractivity contribution >= 4 is 14.1 Å². The quantitative estimate of drug-likeness (QED) is 0.410. The first kappa shape index (κ1) is 6.45. The van der Waals surface area contributed by atoms with E-state index in [1.807, 2.05) is 0 Å². The highest BCUT2D eigenvalue weighted by Crippen LogP contribution is 2.71. The van der Waals surface area contributed by atoms with Crippen molar-refractivity contribution in [1.29, 1.82) is 0 Å². The monoisotopic (exact) mass is 165 g/mol. The Morgan fingerprint density at radius 2 is 2.20 bits per heavy atom. The topological polar surface area (TPSA) is 87.9 Å². The van der Waals surface area contributed by atoms with Crippen molar-refractivity contribution in [2.24, 2.45) is 5.73 Å². The minimum absolute atomic E-state index is 0.395. The van der Waals surface area contributed by atoms with Crippen LogP contribution in [0, 0.1) is 0 Å². The van der Waals surface area contributed by atoms with E-state index in [0.29, 0.717) is 6.29 Å². The zero-order valence-corrected chi connectivity index (χ0v) is 5.61. The molecule has 3 aliphatic heterocycles. The molecule has 0 aromatic rings. The summed E-state index contributed by atoms with van der Waals surface area (Å²) in [5.41, 5.74) is 5.21. The molecule has 0 aliphatic carbocycles. The highest BCUT2D eigenvalue weighted by molar-refractivity contribution is 7.50. The molecule has 0 spiro atoms. The second kappa shape index (κ2) is 1.49. The molecule has 56 valence electrons. The van der Waals surface area contributed by atoms with Gasteiger partial charge in [-0.25, -0.2) is 13.6 Å². The van der Waals surface area contributed by atoms with Crippen LogP contribution in [0.25, 0.3) is 0 Å². The van der Waals surface area contributed by atoms with Gasteiger partial charge < -0.3 is 4.79 Å². The van der Waals surface area contributed by atoms with Crippen molar-refractivity contribution in [3.63, 3.8) is 0 Å². The van der Waals surface area contributed by atoms with Gasteiger partial charge in [-0.05, 0) is 0 Å². The number of nitrogens with two attached hydrogens (primary N) is 1. The number of phosphoric acid groups is 1. The molecule has 2 N–H and O–H groups in total. The van der Waals surface area contributed by atoms with Gasteiger partial charge in [0, 0.05) is 0 Å². The Morgan fingerprint density at radius 1 is 1.60 bits per heavy atom. The van der Waals surface area contributed by atoms with Crippen LogP contribution in [0.15, 0.2) is 0 Å². The zero-order chi connectivity index (χ0) is 7.41. The number of carbonyl (C=O) groups is 1. The molecule has 0 aromatic heterocycles. The maximum absolute atomic E-state index is 10.7. The van der Waals surface area contributed by atoms with E-state index in [-0.39, 0.29) is 0 Å². The zero-order valence-electron chi connectivity index (χ0n) is 4.72. The smallest absolute Gasteiger partial charge is 0.300 e. The molecule has 3 fully saturated rings. The predicted molar refractivity (Wildman–Crippen MR) is 27.6 cm³/mol. The Balaban J connectivity index is 2.31. The number of aldehydes is 1. The lowest BCUT2D eigenvalue weighted by atomic mass is 10.3. The van der Waals surface area contributed by atoms with Crippen LogP contribution in [-0.4, -0.2) is 18.3 Å². The van der Waals surface area contributed by atoms with Crippen molar-refractivity contribution in [1.82, 2.24) is 0 Å². The molecule has 1 unspecified atom stereocenters. The van der Waals surface area contributed by atoms with Gasteiger partial charge in [0.1, 0.15) is 0 Å². The lowest BCUT2D eigenvalue weighted by Crippen LogP contribution is -2.53. The molecule has 0 aromatic carbocycles. The summed E-state index contributed by atoms with van der Waals surface area (Å²) in [7, 11) is -3.39. The fraction of sp³-hybridized carbons (Fsp3) is 0.667. The molecule has 3 rings (SSSR count). The molecule has 2 bridgehead atoms. The van der Waals surface area contributed by atoms with Crippen LogP contribution in [0.5, 0.6) is 0 Å². The molecule has 0 amide bonds. The molecule has 3 saturated heterocycles. The number of phosphoric ester groups is 1. The Kier molecular flexibility index (Phi) is 0.962. The number of fused-ring (bicyclic) bond motifs is 1. The summed E-state index contributed by atoms with van der Waals surface area (Å²) >= 11 is 0. The summed E-state index contributed by atoms with van der Waals surface area (Å²) < 4.78 is 24.2. The van der Waals surface area contributed by atoms with E-state index >= 15 is 0 Å². The van der Waals surface area contributed by atoms with Gasteiger partial charge in [-0.1, -0.05) is 0 Å². The molecule has 3 heterocycles. The SMILES string of the molecule is NC12OP(=O)(OC1C=O)O2. The molecule has 7 heteroatoms. The fourth-order valence-electron chi connectivity index (χ4n) is 0.835. The van der Waals surface area contributed by atoms with Crippen molar-refractivity contribution in [3.8, 4) is 0 Å². The van der Waals surface area contributed by atoms with E-state index in [4.69, 9.17) is 5.73 Å². The molecular weight excluding hydrogens is 161 g/mol. The Bertz CT molecular complexity index is 229. The molecule has 1 atom stereocenters. The highest BCUT2D eigenvalue weighted by atomic mass is 31.2. The normalized spacial score (nSPS) is 57.9. The van der Waals surface area contributed by atoms with Crippen LogP contribution in [-0.2, 0) is 22.9 Å². The largest absolute Gasteiger partial charge is 0.483 e. The van der Waals surface area contributed by atoms with Gasteiger partial charge in [0.25, 0.3) is 5.91 Å². The summed E-state index contributed by atoms with van der Waals surface area (Å²) in [5.74, 6) is -1.59. The summed E-state index contributed by atoms with van der Waals surface area (Å²) in [5, 5.41) is 0. The van der Waals surface area contributed by atoms with Crippen molar-refractivity contribution in [3.05, 3.63) is 0 Å².